The molecule has 0 aromatic carbocycles. The van der Waals surface area contributed by atoms with Crippen molar-refractivity contribution in [3.05, 3.63) is 11.5 Å². The van der Waals surface area contributed by atoms with Crippen molar-refractivity contribution in [1.29, 1.82) is 0 Å². The molecule has 0 spiro atoms. The number of aromatic nitrogens is 5. The molecule has 7 heteroatoms. The maximum Gasteiger partial charge on any atom is 0.186 e. The van der Waals surface area contributed by atoms with Crippen LogP contribution < -0.4 is 5.73 Å². The number of anilines is 1. The summed E-state index contributed by atoms with van der Waals surface area (Å²) < 4.78 is 3.97. The molecule has 0 atom stereocenters. The Morgan fingerprint density at radius 1 is 1.16 bits per heavy atom. The zero-order valence-corrected chi connectivity index (χ0v) is 12.1. The number of aryl methyl sites for hydroxylation is 2. The zero-order valence-electron chi connectivity index (χ0n) is 11.3. The normalized spacial score (nSPS) is 14.6. The number of rotatable bonds is 1. The highest BCUT2D eigenvalue weighted by Gasteiger charge is 2.21. The lowest BCUT2D eigenvalue weighted by molar-refractivity contribution is 0.634. The summed E-state index contributed by atoms with van der Waals surface area (Å²) in [5.41, 5.74) is 8.54. The first kappa shape index (κ1) is 13.9. The van der Waals surface area contributed by atoms with E-state index in [1.165, 1.54) is 19.3 Å². The fourth-order valence-electron chi connectivity index (χ4n) is 2.45. The maximum atomic E-state index is 6.10. The summed E-state index contributed by atoms with van der Waals surface area (Å²) in [5, 5.41) is 13.0. The minimum absolute atomic E-state index is 0. The van der Waals surface area contributed by atoms with Crippen LogP contribution >= 0.6 is 12.4 Å². The van der Waals surface area contributed by atoms with Crippen molar-refractivity contribution in [1.82, 2.24) is 24.5 Å². The van der Waals surface area contributed by atoms with Crippen LogP contribution in [0.5, 0.6) is 0 Å². The molecule has 0 bridgehead atoms. The summed E-state index contributed by atoms with van der Waals surface area (Å²) >= 11 is 0. The highest BCUT2D eigenvalue weighted by molar-refractivity contribution is 5.85. The highest BCUT2D eigenvalue weighted by atomic mass is 35.5. The summed E-state index contributed by atoms with van der Waals surface area (Å²) in [4.78, 5) is 0. The Balaban J connectivity index is 0.00000133. The molecule has 6 nitrogen and oxygen atoms in total. The molecule has 0 aliphatic carbocycles. The SMILES string of the molecule is Cc1c(N)c(-c2nnc3n2CCCCC3)nn1C.Cl. The Morgan fingerprint density at radius 3 is 2.63 bits per heavy atom. The molecule has 19 heavy (non-hydrogen) atoms. The highest BCUT2D eigenvalue weighted by Crippen LogP contribution is 2.27. The fourth-order valence-corrected chi connectivity index (χ4v) is 2.45. The third kappa shape index (κ3) is 2.20. The summed E-state index contributed by atoms with van der Waals surface area (Å²) in [5.74, 6) is 1.87. The van der Waals surface area contributed by atoms with Gasteiger partial charge in [0.15, 0.2) is 11.5 Å². The van der Waals surface area contributed by atoms with E-state index in [-0.39, 0.29) is 12.4 Å². The molecule has 0 amide bonds. The van der Waals surface area contributed by atoms with Crippen molar-refractivity contribution in [3.63, 3.8) is 0 Å². The van der Waals surface area contributed by atoms with Crippen LogP contribution in [0.15, 0.2) is 0 Å². The third-order valence-electron chi connectivity index (χ3n) is 3.70. The van der Waals surface area contributed by atoms with Crippen LogP contribution in [-0.4, -0.2) is 24.5 Å². The number of fused-ring (bicyclic) bond motifs is 1. The van der Waals surface area contributed by atoms with Gasteiger partial charge < -0.3 is 10.3 Å². The zero-order chi connectivity index (χ0) is 12.7. The molecular weight excluding hydrogens is 264 g/mol. The van der Waals surface area contributed by atoms with Gasteiger partial charge in [-0.05, 0) is 19.8 Å². The molecule has 3 heterocycles. The van der Waals surface area contributed by atoms with Crippen LogP contribution in [0.3, 0.4) is 0 Å². The van der Waals surface area contributed by atoms with E-state index >= 15 is 0 Å². The lowest BCUT2D eigenvalue weighted by Crippen LogP contribution is -2.04. The van der Waals surface area contributed by atoms with E-state index in [1.807, 2.05) is 14.0 Å². The van der Waals surface area contributed by atoms with Crippen LogP contribution in [-0.2, 0) is 20.0 Å². The van der Waals surface area contributed by atoms with Crippen molar-refractivity contribution >= 4 is 18.1 Å². The number of hydrogen-bond acceptors (Lipinski definition) is 4. The molecule has 1 aliphatic rings. The Hall–Kier alpha value is -1.56. The van der Waals surface area contributed by atoms with Crippen molar-refractivity contribution < 1.29 is 0 Å². The van der Waals surface area contributed by atoms with E-state index < -0.39 is 0 Å². The lowest BCUT2D eigenvalue weighted by atomic mass is 10.2. The van der Waals surface area contributed by atoms with E-state index in [4.69, 9.17) is 5.73 Å². The quantitative estimate of drug-likeness (QED) is 0.864. The second-order valence-electron chi connectivity index (χ2n) is 4.87. The Bertz CT molecular complexity index is 585. The van der Waals surface area contributed by atoms with Crippen molar-refractivity contribution in [2.45, 2.75) is 39.2 Å². The lowest BCUT2D eigenvalue weighted by Gasteiger charge is -2.05. The van der Waals surface area contributed by atoms with Crippen LogP contribution in [0.2, 0.25) is 0 Å². The summed E-state index contributed by atoms with van der Waals surface area (Å²) in [6.45, 7) is 2.93. The Morgan fingerprint density at radius 2 is 1.95 bits per heavy atom. The first-order valence-corrected chi connectivity index (χ1v) is 6.40. The molecule has 0 fully saturated rings. The second kappa shape index (κ2) is 5.21. The predicted molar refractivity (Wildman–Crippen MR) is 76.2 cm³/mol. The van der Waals surface area contributed by atoms with Gasteiger partial charge in [-0.2, -0.15) is 5.10 Å². The van der Waals surface area contributed by atoms with E-state index in [2.05, 4.69) is 19.9 Å². The van der Waals surface area contributed by atoms with Gasteiger partial charge in [0, 0.05) is 20.0 Å². The van der Waals surface area contributed by atoms with Crippen molar-refractivity contribution in [2.75, 3.05) is 5.73 Å². The summed E-state index contributed by atoms with van der Waals surface area (Å²) in [6, 6.07) is 0. The first-order chi connectivity index (χ1) is 8.68. The summed E-state index contributed by atoms with van der Waals surface area (Å²) in [6.07, 6.45) is 4.61. The van der Waals surface area contributed by atoms with Crippen molar-refractivity contribution in [3.8, 4) is 11.5 Å². The van der Waals surface area contributed by atoms with Crippen LogP contribution in [0.25, 0.3) is 11.5 Å². The molecule has 0 saturated heterocycles. The molecule has 2 aromatic heterocycles. The van der Waals surface area contributed by atoms with Gasteiger partial charge in [-0.15, -0.1) is 22.6 Å². The average Bonchev–Trinajstić information content (AvgIpc) is 2.75. The standard InChI is InChI=1S/C12H18N6.ClH/c1-8-10(13)11(16-17(8)2)12-15-14-9-6-4-3-5-7-18(9)12;/h3-7,13H2,1-2H3;1H. The number of nitrogens with two attached hydrogens (primary N) is 1. The fraction of sp³-hybridized carbons (Fsp3) is 0.583. The van der Waals surface area contributed by atoms with Gasteiger partial charge in [-0.25, -0.2) is 0 Å². The van der Waals surface area contributed by atoms with E-state index in [1.54, 1.807) is 4.68 Å². The molecule has 2 N–H and O–H groups in total. The Labute approximate surface area is 118 Å². The second-order valence-corrected chi connectivity index (χ2v) is 4.87. The molecule has 0 saturated carbocycles. The molecule has 0 radical (unpaired) electrons. The largest absolute Gasteiger partial charge is 0.395 e. The van der Waals surface area contributed by atoms with E-state index in [0.717, 1.165) is 36.0 Å². The van der Waals surface area contributed by atoms with Gasteiger partial charge in [0.1, 0.15) is 5.82 Å². The van der Waals surface area contributed by atoms with Crippen LogP contribution in [0, 0.1) is 6.92 Å². The Kier molecular flexibility index (Phi) is 3.80. The van der Waals surface area contributed by atoms with Gasteiger partial charge in [0.05, 0.1) is 11.4 Å². The number of halogens is 1. The molecule has 1 aliphatic heterocycles. The van der Waals surface area contributed by atoms with E-state index in [9.17, 15) is 0 Å². The molecule has 2 aromatic rings. The summed E-state index contributed by atoms with van der Waals surface area (Å²) in [7, 11) is 1.90. The first-order valence-electron chi connectivity index (χ1n) is 6.40. The molecule has 104 valence electrons. The topological polar surface area (TPSA) is 74.6 Å². The van der Waals surface area contributed by atoms with E-state index in [0.29, 0.717) is 5.69 Å². The van der Waals surface area contributed by atoms with Gasteiger partial charge in [-0.1, -0.05) is 6.42 Å². The number of nitrogens with zero attached hydrogens (tertiary/aromatic N) is 5. The average molecular weight is 283 g/mol. The number of nitrogen functional groups attached to an aromatic ring is 1. The smallest absolute Gasteiger partial charge is 0.186 e. The molecule has 3 rings (SSSR count). The third-order valence-corrected chi connectivity index (χ3v) is 3.70. The predicted octanol–water partition coefficient (Wildman–Crippen LogP) is 1.72. The van der Waals surface area contributed by atoms with Gasteiger partial charge in [0.25, 0.3) is 0 Å². The molecule has 0 unspecified atom stereocenters. The van der Waals surface area contributed by atoms with Crippen molar-refractivity contribution in [2.24, 2.45) is 7.05 Å². The number of hydrogen-bond donors (Lipinski definition) is 1. The molecular formula is C12H19ClN6. The van der Waals surface area contributed by atoms with Gasteiger partial charge in [-0.3, -0.25) is 4.68 Å². The van der Waals surface area contributed by atoms with Crippen LogP contribution in [0.4, 0.5) is 5.69 Å². The minimum Gasteiger partial charge on any atom is -0.395 e. The van der Waals surface area contributed by atoms with Gasteiger partial charge >= 0.3 is 0 Å². The van der Waals surface area contributed by atoms with Crippen LogP contribution in [0.1, 0.15) is 30.8 Å². The minimum atomic E-state index is 0. The maximum absolute atomic E-state index is 6.10. The monoisotopic (exact) mass is 282 g/mol. The van der Waals surface area contributed by atoms with Gasteiger partial charge in [0.2, 0.25) is 0 Å².